The summed E-state index contributed by atoms with van der Waals surface area (Å²) in [6.45, 7) is 1.44. The first-order valence-corrected chi connectivity index (χ1v) is 6.72. The van der Waals surface area contributed by atoms with Gasteiger partial charge in [-0.2, -0.15) is 0 Å². The number of aromatic nitrogens is 1. The second kappa shape index (κ2) is 5.36. The van der Waals surface area contributed by atoms with Gasteiger partial charge in [-0.25, -0.2) is 0 Å². The summed E-state index contributed by atoms with van der Waals surface area (Å²) in [5, 5.41) is 13.0. The van der Waals surface area contributed by atoms with Gasteiger partial charge in [0.25, 0.3) is 5.91 Å². The molecule has 2 heterocycles. The van der Waals surface area contributed by atoms with Crippen LogP contribution < -0.4 is 0 Å². The van der Waals surface area contributed by atoms with Crippen LogP contribution in [0.5, 0.6) is 5.75 Å². The number of amides is 1. The van der Waals surface area contributed by atoms with Gasteiger partial charge in [-0.1, -0.05) is 17.3 Å². The smallest absolute Gasteiger partial charge is 0.276 e. The van der Waals surface area contributed by atoms with E-state index in [0.717, 1.165) is 25.9 Å². The molecule has 0 bridgehead atoms. The minimum atomic E-state index is -0.0668. The number of carbonyl (C=O) groups is 1. The molecule has 1 aromatic carbocycles. The molecule has 2 aromatic rings. The largest absolute Gasteiger partial charge is 0.508 e. The third kappa shape index (κ3) is 2.52. The van der Waals surface area contributed by atoms with E-state index in [-0.39, 0.29) is 11.7 Å². The first kappa shape index (κ1) is 12.7. The molecular formula is C15H16N2O3. The van der Waals surface area contributed by atoms with Crippen molar-refractivity contribution in [1.82, 2.24) is 10.1 Å². The highest BCUT2D eigenvalue weighted by molar-refractivity contribution is 5.92. The van der Waals surface area contributed by atoms with Crippen LogP contribution in [0.25, 0.3) is 0 Å². The summed E-state index contributed by atoms with van der Waals surface area (Å²) in [6, 6.07) is 8.92. The molecule has 20 heavy (non-hydrogen) atoms. The lowest BCUT2D eigenvalue weighted by Gasteiger charge is -2.31. The van der Waals surface area contributed by atoms with Gasteiger partial charge < -0.3 is 14.5 Å². The molecule has 0 unspecified atom stereocenters. The zero-order chi connectivity index (χ0) is 13.9. The number of hydrogen-bond acceptors (Lipinski definition) is 4. The number of piperidine rings is 1. The number of phenols is 1. The van der Waals surface area contributed by atoms with Gasteiger partial charge in [-0.05, 0) is 36.5 Å². The Morgan fingerprint density at radius 1 is 1.20 bits per heavy atom. The van der Waals surface area contributed by atoms with Gasteiger partial charge in [0.05, 0.1) is 0 Å². The highest BCUT2D eigenvalue weighted by Crippen LogP contribution is 2.29. The van der Waals surface area contributed by atoms with Crippen LogP contribution in [-0.2, 0) is 0 Å². The SMILES string of the molecule is O=C(c1ccon1)N1CCC(c2ccc(O)cc2)CC1. The van der Waals surface area contributed by atoms with Crippen molar-refractivity contribution in [3.05, 3.63) is 47.9 Å². The second-order valence-corrected chi connectivity index (χ2v) is 5.04. The normalized spacial score (nSPS) is 16.3. The number of carbonyl (C=O) groups excluding carboxylic acids is 1. The number of likely N-dealkylation sites (tertiary alicyclic amines) is 1. The van der Waals surface area contributed by atoms with Crippen molar-refractivity contribution in [2.45, 2.75) is 18.8 Å². The molecule has 1 N–H and O–H groups in total. The van der Waals surface area contributed by atoms with Gasteiger partial charge in [0, 0.05) is 19.2 Å². The maximum atomic E-state index is 12.1. The Morgan fingerprint density at radius 2 is 1.90 bits per heavy atom. The van der Waals surface area contributed by atoms with Crippen molar-refractivity contribution in [3.8, 4) is 5.75 Å². The maximum Gasteiger partial charge on any atom is 0.276 e. The summed E-state index contributed by atoms with van der Waals surface area (Å²) < 4.78 is 4.71. The Bertz CT molecular complexity index is 570. The zero-order valence-corrected chi connectivity index (χ0v) is 11.0. The van der Waals surface area contributed by atoms with E-state index in [9.17, 15) is 9.90 Å². The van der Waals surface area contributed by atoms with Crippen LogP contribution in [0, 0.1) is 0 Å². The number of hydrogen-bond donors (Lipinski definition) is 1. The number of aromatic hydroxyl groups is 1. The average molecular weight is 272 g/mol. The summed E-state index contributed by atoms with van der Waals surface area (Å²) in [5.74, 6) is 0.660. The van der Waals surface area contributed by atoms with E-state index in [1.54, 1.807) is 18.2 Å². The molecule has 1 amide bonds. The Kier molecular flexibility index (Phi) is 3.41. The lowest BCUT2D eigenvalue weighted by molar-refractivity contribution is 0.0702. The molecule has 0 saturated carbocycles. The first-order chi connectivity index (χ1) is 9.74. The summed E-state index contributed by atoms with van der Waals surface area (Å²) in [5.41, 5.74) is 1.59. The third-order valence-corrected chi connectivity index (χ3v) is 3.80. The molecule has 1 aliphatic heterocycles. The monoisotopic (exact) mass is 272 g/mol. The molecule has 5 heteroatoms. The molecule has 0 radical (unpaired) electrons. The Balaban J connectivity index is 1.62. The van der Waals surface area contributed by atoms with E-state index < -0.39 is 0 Å². The Labute approximate surface area is 116 Å². The van der Waals surface area contributed by atoms with Crippen LogP contribution in [0.4, 0.5) is 0 Å². The number of benzene rings is 1. The summed E-state index contributed by atoms with van der Waals surface area (Å²) in [6.07, 6.45) is 3.26. The van der Waals surface area contributed by atoms with Crippen molar-refractivity contribution in [1.29, 1.82) is 0 Å². The van der Waals surface area contributed by atoms with E-state index in [2.05, 4.69) is 5.16 Å². The fourth-order valence-corrected chi connectivity index (χ4v) is 2.65. The van der Waals surface area contributed by atoms with E-state index >= 15 is 0 Å². The minimum absolute atomic E-state index is 0.0668. The lowest BCUT2D eigenvalue weighted by atomic mass is 9.89. The predicted molar refractivity (Wildman–Crippen MR) is 72.5 cm³/mol. The molecule has 1 saturated heterocycles. The fraction of sp³-hybridized carbons (Fsp3) is 0.333. The second-order valence-electron chi connectivity index (χ2n) is 5.04. The number of nitrogens with zero attached hydrogens (tertiary/aromatic N) is 2. The van der Waals surface area contributed by atoms with Crippen molar-refractivity contribution in [3.63, 3.8) is 0 Å². The van der Waals surface area contributed by atoms with E-state index in [1.807, 2.05) is 17.0 Å². The van der Waals surface area contributed by atoms with Crippen LogP contribution in [0.3, 0.4) is 0 Å². The molecule has 5 nitrogen and oxygen atoms in total. The molecular weight excluding hydrogens is 256 g/mol. The summed E-state index contributed by atoms with van der Waals surface area (Å²) >= 11 is 0. The summed E-state index contributed by atoms with van der Waals surface area (Å²) in [4.78, 5) is 13.9. The van der Waals surface area contributed by atoms with Crippen LogP contribution in [0.15, 0.2) is 41.1 Å². The van der Waals surface area contributed by atoms with Gasteiger partial charge in [0.15, 0.2) is 5.69 Å². The number of rotatable bonds is 2. The van der Waals surface area contributed by atoms with Gasteiger partial charge >= 0.3 is 0 Å². The average Bonchev–Trinajstić information content (AvgIpc) is 3.02. The van der Waals surface area contributed by atoms with Crippen LogP contribution in [-0.4, -0.2) is 34.2 Å². The lowest BCUT2D eigenvalue weighted by Crippen LogP contribution is -2.38. The van der Waals surface area contributed by atoms with Crippen LogP contribution in [0.1, 0.15) is 34.8 Å². The van der Waals surface area contributed by atoms with Crippen molar-refractivity contribution in [2.75, 3.05) is 13.1 Å². The topological polar surface area (TPSA) is 66.6 Å². The van der Waals surface area contributed by atoms with Gasteiger partial charge in [-0.15, -0.1) is 0 Å². The quantitative estimate of drug-likeness (QED) is 0.911. The predicted octanol–water partition coefficient (Wildman–Crippen LogP) is 2.40. The molecule has 0 aliphatic carbocycles. The van der Waals surface area contributed by atoms with E-state index in [1.165, 1.54) is 11.8 Å². The highest BCUT2D eigenvalue weighted by Gasteiger charge is 2.25. The van der Waals surface area contributed by atoms with Crippen LogP contribution >= 0.6 is 0 Å². The van der Waals surface area contributed by atoms with Crippen molar-refractivity contribution < 1.29 is 14.4 Å². The first-order valence-electron chi connectivity index (χ1n) is 6.72. The third-order valence-electron chi connectivity index (χ3n) is 3.80. The molecule has 1 fully saturated rings. The molecule has 3 rings (SSSR count). The van der Waals surface area contributed by atoms with Crippen molar-refractivity contribution >= 4 is 5.91 Å². The maximum absolute atomic E-state index is 12.1. The minimum Gasteiger partial charge on any atom is -0.508 e. The van der Waals surface area contributed by atoms with Crippen molar-refractivity contribution in [2.24, 2.45) is 0 Å². The molecule has 104 valence electrons. The number of phenolic OH excluding ortho intramolecular Hbond substituents is 1. The van der Waals surface area contributed by atoms with Crippen LogP contribution in [0.2, 0.25) is 0 Å². The molecule has 0 spiro atoms. The van der Waals surface area contributed by atoms with E-state index in [4.69, 9.17) is 4.52 Å². The Morgan fingerprint density at radius 3 is 2.50 bits per heavy atom. The standard InChI is InChI=1S/C15H16N2O3/c18-13-3-1-11(2-4-13)12-5-8-17(9-6-12)15(19)14-7-10-20-16-14/h1-4,7,10,12,18H,5-6,8-9H2. The summed E-state index contributed by atoms with van der Waals surface area (Å²) in [7, 11) is 0. The van der Waals surface area contributed by atoms with Gasteiger partial charge in [0.2, 0.25) is 0 Å². The molecule has 1 aliphatic rings. The molecule has 0 atom stereocenters. The highest BCUT2D eigenvalue weighted by atomic mass is 16.5. The fourth-order valence-electron chi connectivity index (χ4n) is 2.65. The molecule has 1 aromatic heterocycles. The van der Waals surface area contributed by atoms with E-state index in [0.29, 0.717) is 11.6 Å². The van der Waals surface area contributed by atoms with Gasteiger partial charge in [0.1, 0.15) is 12.0 Å². The zero-order valence-electron chi connectivity index (χ0n) is 11.0. The Hall–Kier alpha value is -2.30. The van der Waals surface area contributed by atoms with Gasteiger partial charge in [-0.3, -0.25) is 4.79 Å².